The SMILES string of the molecule is COc1cccn2c(N)c(-c3ccc(C)c(F)c3)nc12. The van der Waals surface area contributed by atoms with Gasteiger partial charge in [0, 0.05) is 11.8 Å². The van der Waals surface area contributed by atoms with Gasteiger partial charge in [-0.15, -0.1) is 0 Å². The molecule has 2 aromatic heterocycles. The Balaban J connectivity index is 2.26. The van der Waals surface area contributed by atoms with Gasteiger partial charge in [-0.1, -0.05) is 12.1 Å². The van der Waals surface area contributed by atoms with Crippen molar-refractivity contribution in [1.82, 2.24) is 9.38 Å². The van der Waals surface area contributed by atoms with Crippen LogP contribution in [0.1, 0.15) is 5.56 Å². The molecule has 0 atom stereocenters. The largest absolute Gasteiger partial charge is 0.493 e. The molecule has 0 radical (unpaired) electrons. The minimum absolute atomic E-state index is 0.272. The van der Waals surface area contributed by atoms with Crippen LogP contribution in [0.3, 0.4) is 0 Å². The Hall–Kier alpha value is -2.56. The predicted molar refractivity (Wildman–Crippen MR) is 76.3 cm³/mol. The first-order valence-electron chi connectivity index (χ1n) is 6.19. The number of rotatable bonds is 2. The van der Waals surface area contributed by atoms with Crippen LogP contribution in [-0.4, -0.2) is 16.5 Å². The number of nitrogen functional groups attached to an aromatic ring is 1. The lowest BCUT2D eigenvalue weighted by molar-refractivity contribution is 0.417. The summed E-state index contributed by atoms with van der Waals surface area (Å²) in [5.41, 5.74) is 8.51. The number of pyridine rings is 1. The molecule has 3 aromatic rings. The van der Waals surface area contributed by atoms with Gasteiger partial charge in [-0.2, -0.15) is 0 Å². The number of nitrogens with two attached hydrogens (primary N) is 1. The van der Waals surface area contributed by atoms with Gasteiger partial charge in [0.1, 0.15) is 17.3 Å². The number of benzene rings is 1. The number of hydrogen-bond donors (Lipinski definition) is 1. The predicted octanol–water partition coefficient (Wildman–Crippen LogP) is 3.04. The normalized spacial score (nSPS) is 10.9. The molecule has 102 valence electrons. The van der Waals surface area contributed by atoms with Gasteiger partial charge in [0.2, 0.25) is 0 Å². The summed E-state index contributed by atoms with van der Waals surface area (Å²) in [6.45, 7) is 1.72. The van der Waals surface area contributed by atoms with Crippen molar-refractivity contribution in [2.45, 2.75) is 6.92 Å². The van der Waals surface area contributed by atoms with Gasteiger partial charge in [0.25, 0.3) is 0 Å². The Labute approximate surface area is 115 Å². The second kappa shape index (κ2) is 4.52. The topological polar surface area (TPSA) is 52.5 Å². The Morgan fingerprint density at radius 1 is 1.30 bits per heavy atom. The van der Waals surface area contributed by atoms with Crippen molar-refractivity contribution in [3.8, 4) is 17.0 Å². The van der Waals surface area contributed by atoms with Crippen LogP contribution in [0.2, 0.25) is 0 Å². The van der Waals surface area contributed by atoms with Gasteiger partial charge >= 0.3 is 0 Å². The van der Waals surface area contributed by atoms with E-state index < -0.39 is 0 Å². The van der Waals surface area contributed by atoms with E-state index in [2.05, 4.69) is 4.98 Å². The van der Waals surface area contributed by atoms with Crippen molar-refractivity contribution in [3.05, 3.63) is 47.9 Å². The van der Waals surface area contributed by atoms with Crippen molar-refractivity contribution >= 4 is 11.5 Å². The van der Waals surface area contributed by atoms with Gasteiger partial charge in [-0.05, 0) is 30.7 Å². The number of aryl methyl sites for hydroxylation is 1. The summed E-state index contributed by atoms with van der Waals surface area (Å²) in [5.74, 6) is 0.811. The van der Waals surface area contributed by atoms with E-state index in [1.165, 1.54) is 6.07 Å². The summed E-state index contributed by atoms with van der Waals surface area (Å²) in [4.78, 5) is 4.47. The standard InChI is InChI=1S/C15H14FN3O/c1-9-5-6-10(8-11(9)16)13-14(17)19-7-3-4-12(20-2)15(19)18-13/h3-8H,17H2,1-2H3. The highest BCUT2D eigenvalue weighted by Crippen LogP contribution is 2.30. The zero-order valence-electron chi connectivity index (χ0n) is 11.2. The maximum Gasteiger partial charge on any atom is 0.181 e. The molecule has 5 heteroatoms. The second-order valence-electron chi connectivity index (χ2n) is 4.58. The van der Waals surface area contributed by atoms with E-state index in [1.54, 1.807) is 36.8 Å². The molecule has 0 spiro atoms. The Morgan fingerprint density at radius 2 is 2.10 bits per heavy atom. The number of imidazole rings is 1. The summed E-state index contributed by atoms with van der Waals surface area (Å²) in [5, 5.41) is 0. The number of anilines is 1. The van der Waals surface area contributed by atoms with Gasteiger partial charge < -0.3 is 10.5 Å². The Morgan fingerprint density at radius 3 is 2.80 bits per heavy atom. The van der Waals surface area contributed by atoms with E-state index in [4.69, 9.17) is 10.5 Å². The minimum atomic E-state index is -0.272. The fourth-order valence-corrected chi connectivity index (χ4v) is 2.17. The molecule has 0 aliphatic carbocycles. The average molecular weight is 271 g/mol. The maximum atomic E-state index is 13.7. The molecule has 4 nitrogen and oxygen atoms in total. The van der Waals surface area contributed by atoms with Crippen LogP contribution in [0.15, 0.2) is 36.5 Å². The highest BCUT2D eigenvalue weighted by molar-refractivity contribution is 5.77. The van der Waals surface area contributed by atoms with E-state index in [1.807, 2.05) is 12.1 Å². The van der Waals surface area contributed by atoms with E-state index in [9.17, 15) is 4.39 Å². The first kappa shape index (κ1) is 12.5. The molecule has 0 unspecified atom stereocenters. The summed E-state index contributed by atoms with van der Waals surface area (Å²) < 4.78 is 20.7. The number of nitrogens with zero attached hydrogens (tertiary/aromatic N) is 2. The van der Waals surface area contributed by atoms with Crippen molar-refractivity contribution in [2.75, 3.05) is 12.8 Å². The summed E-state index contributed by atoms with van der Waals surface area (Å²) >= 11 is 0. The molecule has 0 saturated carbocycles. The Bertz CT molecular complexity index is 795. The molecule has 0 amide bonds. The van der Waals surface area contributed by atoms with Crippen LogP contribution in [-0.2, 0) is 0 Å². The van der Waals surface area contributed by atoms with E-state index in [0.29, 0.717) is 34.0 Å². The van der Waals surface area contributed by atoms with Crippen molar-refractivity contribution in [2.24, 2.45) is 0 Å². The number of hydrogen-bond acceptors (Lipinski definition) is 3. The van der Waals surface area contributed by atoms with Crippen LogP contribution in [0.4, 0.5) is 10.2 Å². The molecule has 1 aromatic carbocycles. The number of methoxy groups -OCH3 is 1. The summed E-state index contributed by atoms with van der Waals surface area (Å²) in [7, 11) is 1.57. The van der Waals surface area contributed by atoms with Crippen LogP contribution >= 0.6 is 0 Å². The van der Waals surface area contributed by atoms with Crippen molar-refractivity contribution in [3.63, 3.8) is 0 Å². The van der Waals surface area contributed by atoms with E-state index >= 15 is 0 Å². The zero-order valence-corrected chi connectivity index (χ0v) is 11.2. The first-order chi connectivity index (χ1) is 9.61. The maximum absolute atomic E-state index is 13.7. The number of ether oxygens (including phenoxy) is 1. The van der Waals surface area contributed by atoms with E-state index in [0.717, 1.165) is 0 Å². The molecule has 0 saturated heterocycles. The number of fused-ring (bicyclic) bond motifs is 1. The van der Waals surface area contributed by atoms with Crippen LogP contribution in [0, 0.1) is 12.7 Å². The molecule has 2 heterocycles. The van der Waals surface area contributed by atoms with Gasteiger partial charge in [0.15, 0.2) is 11.4 Å². The number of aromatic nitrogens is 2. The third-order valence-corrected chi connectivity index (χ3v) is 3.32. The van der Waals surface area contributed by atoms with Gasteiger partial charge in [-0.25, -0.2) is 9.37 Å². The summed E-state index contributed by atoms with van der Waals surface area (Å²) in [6.07, 6.45) is 1.80. The minimum Gasteiger partial charge on any atom is -0.493 e. The third-order valence-electron chi connectivity index (χ3n) is 3.32. The van der Waals surface area contributed by atoms with Crippen LogP contribution < -0.4 is 10.5 Å². The van der Waals surface area contributed by atoms with E-state index in [-0.39, 0.29) is 5.82 Å². The van der Waals surface area contributed by atoms with Crippen LogP contribution in [0.5, 0.6) is 5.75 Å². The van der Waals surface area contributed by atoms with Crippen molar-refractivity contribution in [1.29, 1.82) is 0 Å². The lowest BCUT2D eigenvalue weighted by atomic mass is 10.1. The molecule has 3 rings (SSSR count). The fourth-order valence-electron chi connectivity index (χ4n) is 2.17. The molecular weight excluding hydrogens is 257 g/mol. The first-order valence-corrected chi connectivity index (χ1v) is 6.19. The van der Waals surface area contributed by atoms with Crippen LogP contribution in [0.25, 0.3) is 16.9 Å². The third kappa shape index (κ3) is 1.79. The second-order valence-corrected chi connectivity index (χ2v) is 4.58. The average Bonchev–Trinajstić information content (AvgIpc) is 2.79. The lowest BCUT2D eigenvalue weighted by Crippen LogP contribution is -1.95. The Kier molecular flexibility index (Phi) is 2.82. The monoisotopic (exact) mass is 271 g/mol. The van der Waals surface area contributed by atoms with Crippen molar-refractivity contribution < 1.29 is 9.13 Å². The highest BCUT2D eigenvalue weighted by atomic mass is 19.1. The molecule has 2 N–H and O–H groups in total. The molecular formula is C15H14FN3O. The smallest absolute Gasteiger partial charge is 0.181 e. The summed E-state index contributed by atoms with van der Waals surface area (Å²) in [6, 6.07) is 8.60. The quantitative estimate of drug-likeness (QED) is 0.779. The highest BCUT2D eigenvalue weighted by Gasteiger charge is 2.15. The number of halogens is 1. The molecule has 0 aliphatic heterocycles. The van der Waals surface area contributed by atoms with Gasteiger partial charge in [-0.3, -0.25) is 4.40 Å². The molecule has 0 fully saturated rings. The van der Waals surface area contributed by atoms with Gasteiger partial charge in [0.05, 0.1) is 7.11 Å². The zero-order chi connectivity index (χ0) is 14.3. The molecule has 20 heavy (non-hydrogen) atoms. The lowest BCUT2D eigenvalue weighted by Gasteiger charge is -2.02. The molecule has 0 aliphatic rings. The fraction of sp³-hybridized carbons (Fsp3) is 0.133. The molecule has 0 bridgehead atoms.